The Hall–Kier alpha value is -0.240. The van der Waals surface area contributed by atoms with Crippen LogP contribution in [0.15, 0.2) is 0 Å². The topological polar surface area (TPSA) is 43.1 Å². The molecule has 0 radical (unpaired) electrons. The fraction of sp³-hybridized carbons (Fsp3) is 0.800. The number of halogens is 1. The molecule has 2 nitrogen and oxygen atoms in total. The van der Waals surface area contributed by atoms with E-state index in [0.29, 0.717) is 0 Å². The van der Waals surface area contributed by atoms with Crippen LogP contribution in [0.1, 0.15) is 12.8 Å². The van der Waals surface area contributed by atoms with E-state index in [1.165, 1.54) is 0 Å². The second-order valence-electron chi connectivity index (χ2n) is 2.10. The molecular weight excluding hydrogens is 126 g/mol. The van der Waals surface area contributed by atoms with E-state index in [0.717, 1.165) is 12.8 Å². The van der Waals surface area contributed by atoms with Crippen LogP contribution in [0.3, 0.4) is 0 Å². The molecule has 2 atom stereocenters. The van der Waals surface area contributed by atoms with Crippen LogP contribution < -0.4 is 5.73 Å². The van der Waals surface area contributed by atoms with Crippen molar-refractivity contribution in [3.05, 3.63) is 0 Å². The largest absolute Gasteiger partial charge is 0.369 e. The minimum absolute atomic E-state index is 0.0208. The molecule has 1 fully saturated rings. The van der Waals surface area contributed by atoms with E-state index >= 15 is 0 Å². The number of alkyl halides is 1. The van der Waals surface area contributed by atoms with Gasteiger partial charge in [0, 0.05) is 5.38 Å². The van der Waals surface area contributed by atoms with Crippen molar-refractivity contribution in [1.82, 2.24) is 0 Å². The first-order chi connectivity index (χ1) is 3.72. The van der Waals surface area contributed by atoms with Gasteiger partial charge in [-0.1, -0.05) is 0 Å². The highest BCUT2D eigenvalue weighted by molar-refractivity contribution is 6.22. The molecule has 3 heteroatoms. The van der Waals surface area contributed by atoms with Gasteiger partial charge in [-0.15, -0.1) is 11.6 Å². The molecule has 0 spiro atoms. The molecule has 0 heterocycles. The second kappa shape index (κ2) is 1.94. The lowest BCUT2D eigenvalue weighted by Crippen LogP contribution is -2.37. The molecular formula is C5H8ClNO. The first-order valence-corrected chi connectivity index (χ1v) is 3.09. The molecule has 1 amide bonds. The molecule has 1 aliphatic rings. The quantitative estimate of drug-likeness (QED) is 0.520. The van der Waals surface area contributed by atoms with Gasteiger partial charge in [0.15, 0.2) is 0 Å². The van der Waals surface area contributed by atoms with Crippen molar-refractivity contribution in [2.75, 3.05) is 0 Å². The van der Waals surface area contributed by atoms with Crippen molar-refractivity contribution in [3.63, 3.8) is 0 Å². The molecule has 0 saturated heterocycles. The zero-order valence-electron chi connectivity index (χ0n) is 4.43. The van der Waals surface area contributed by atoms with E-state index in [1.807, 2.05) is 0 Å². The monoisotopic (exact) mass is 133 g/mol. The number of rotatable bonds is 1. The first kappa shape index (κ1) is 5.89. The highest BCUT2D eigenvalue weighted by Crippen LogP contribution is 2.31. The van der Waals surface area contributed by atoms with E-state index in [9.17, 15) is 4.79 Å². The summed E-state index contributed by atoms with van der Waals surface area (Å²) in [6.45, 7) is 0. The number of hydrogen-bond donors (Lipinski definition) is 1. The summed E-state index contributed by atoms with van der Waals surface area (Å²) in [7, 11) is 0. The molecule has 0 unspecified atom stereocenters. The van der Waals surface area contributed by atoms with Crippen molar-refractivity contribution in [2.45, 2.75) is 18.2 Å². The molecule has 1 aliphatic carbocycles. The van der Waals surface area contributed by atoms with Crippen LogP contribution in [0.25, 0.3) is 0 Å². The Morgan fingerprint density at radius 2 is 2.25 bits per heavy atom. The zero-order chi connectivity index (χ0) is 6.15. The van der Waals surface area contributed by atoms with Crippen LogP contribution in [0, 0.1) is 5.92 Å². The fourth-order valence-electron chi connectivity index (χ4n) is 0.780. The Bertz CT molecular complexity index is 115. The molecule has 1 saturated carbocycles. The Balaban J connectivity index is 2.37. The Morgan fingerprint density at radius 3 is 2.25 bits per heavy atom. The van der Waals surface area contributed by atoms with Gasteiger partial charge in [0.1, 0.15) is 0 Å². The molecule has 0 aromatic heterocycles. The van der Waals surface area contributed by atoms with Gasteiger partial charge in [0.05, 0.1) is 5.92 Å². The Kier molecular flexibility index (Phi) is 1.43. The Morgan fingerprint density at radius 1 is 1.62 bits per heavy atom. The van der Waals surface area contributed by atoms with Gasteiger partial charge in [0.25, 0.3) is 0 Å². The number of amides is 1. The molecule has 0 aromatic carbocycles. The number of hydrogen-bond acceptors (Lipinski definition) is 1. The summed E-state index contributed by atoms with van der Waals surface area (Å²) in [6.07, 6.45) is 1.82. The minimum Gasteiger partial charge on any atom is -0.369 e. The van der Waals surface area contributed by atoms with E-state index in [4.69, 9.17) is 17.3 Å². The lowest BCUT2D eigenvalue weighted by atomic mass is 9.84. The van der Waals surface area contributed by atoms with E-state index in [2.05, 4.69) is 0 Å². The second-order valence-corrected chi connectivity index (χ2v) is 2.66. The van der Waals surface area contributed by atoms with E-state index < -0.39 is 0 Å². The van der Waals surface area contributed by atoms with Gasteiger partial charge in [-0.2, -0.15) is 0 Å². The standard InChI is InChI=1S/C5H8ClNO/c6-4-2-1-3(4)5(7)8/h3-4H,1-2H2,(H2,7,8)/t3-,4+/m1/s1. The third-order valence-corrected chi connectivity index (χ3v) is 2.08. The van der Waals surface area contributed by atoms with Gasteiger partial charge in [-0.3, -0.25) is 4.79 Å². The van der Waals surface area contributed by atoms with E-state index in [-0.39, 0.29) is 17.2 Å². The van der Waals surface area contributed by atoms with Crippen LogP contribution >= 0.6 is 11.6 Å². The maximum Gasteiger partial charge on any atom is 0.222 e. The van der Waals surface area contributed by atoms with Crippen molar-refractivity contribution >= 4 is 17.5 Å². The number of nitrogens with two attached hydrogens (primary N) is 1. The number of primary amides is 1. The van der Waals surface area contributed by atoms with Gasteiger partial charge >= 0.3 is 0 Å². The smallest absolute Gasteiger partial charge is 0.222 e. The highest BCUT2D eigenvalue weighted by Gasteiger charge is 2.33. The molecule has 2 N–H and O–H groups in total. The molecule has 46 valence electrons. The van der Waals surface area contributed by atoms with Gasteiger partial charge in [0.2, 0.25) is 5.91 Å². The summed E-state index contributed by atoms with van der Waals surface area (Å²) in [5, 5.41) is 0.0208. The van der Waals surface area contributed by atoms with Gasteiger partial charge in [-0.05, 0) is 12.8 Å². The average Bonchev–Trinajstić information content (AvgIpc) is 1.61. The van der Waals surface area contributed by atoms with Crippen LogP contribution in [0.4, 0.5) is 0 Å². The SMILES string of the molecule is NC(=O)[C@@H]1CC[C@@H]1Cl. The molecule has 0 aliphatic heterocycles. The van der Waals surface area contributed by atoms with Crippen molar-refractivity contribution in [1.29, 1.82) is 0 Å². The summed E-state index contributed by atoms with van der Waals surface area (Å²) in [5.41, 5.74) is 4.96. The minimum atomic E-state index is -0.253. The molecule has 0 bridgehead atoms. The molecule has 8 heavy (non-hydrogen) atoms. The third-order valence-electron chi connectivity index (χ3n) is 1.56. The maximum atomic E-state index is 10.3. The first-order valence-electron chi connectivity index (χ1n) is 2.65. The fourth-order valence-corrected chi connectivity index (χ4v) is 1.16. The van der Waals surface area contributed by atoms with Gasteiger partial charge < -0.3 is 5.73 Å². The van der Waals surface area contributed by atoms with Crippen LogP contribution in [0.5, 0.6) is 0 Å². The van der Waals surface area contributed by atoms with E-state index in [1.54, 1.807) is 0 Å². The predicted molar refractivity (Wildman–Crippen MR) is 31.6 cm³/mol. The summed E-state index contributed by atoms with van der Waals surface area (Å²) in [5.74, 6) is -0.298. The summed E-state index contributed by atoms with van der Waals surface area (Å²) >= 11 is 5.61. The average molecular weight is 134 g/mol. The summed E-state index contributed by atoms with van der Waals surface area (Å²) < 4.78 is 0. The molecule has 1 rings (SSSR count). The van der Waals surface area contributed by atoms with Crippen LogP contribution in [-0.2, 0) is 4.79 Å². The third kappa shape index (κ3) is 0.802. The highest BCUT2D eigenvalue weighted by atomic mass is 35.5. The number of carbonyl (C=O) groups is 1. The summed E-state index contributed by atoms with van der Waals surface area (Å²) in [4.78, 5) is 10.3. The van der Waals surface area contributed by atoms with Crippen LogP contribution in [-0.4, -0.2) is 11.3 Å². The normalized spacial score (nSPS) is 36.1. The zero-order valence-corrected chi connectivity index (χ0v) is 5.19. The van der Waals surface area contributed by atoms with Gasteiger partial charge in [-0.25, -0.2) is 0 Å². The Labute approximate surface area is 53.0 Å². The van der Waals surface area contributed by atoms with Crippen LogP contribution in [0.2, 0.25) is 0 Å². The number of carbonyl (C=O) groups excluding carboxylic acids is 1. The predicted octanol–water partition coefficient (Wildman–Crippen LogP) is 0.489. The van der Waals surface area contributed by atoms with Crippen molar-refractivity contribution < 1.29 is 4.79 Å². The lowest BCUT2D eigenvalue weighted by molar-refractivity contribution is -0.123. The molecule has 0 aromatic rings. The maximum absolute atomic E-state index is 10.3. The van der Waals surface area contributed by atoms with Crippen molar-refractivity contribution in [2.24, 2.45) is 11.7 Å². The lowest BCUT2D eigenvalue weighted by Gasteiger charge is -2.28. The summed E-state index contributed by atoms with van der Waals surface area (Å²) in [6, 6.07) is 0. The van der Waals surface area contributed by atoms with Crippen molar-refractivity contribution in [3.8, 4) is 0 Å².